The highest BCUT2D eigenvalue weighted by Crippen LogP contribution is 2.12. The minimum absolute atomic E-state index is 0.0604. The molecule has 0 atom stereocenters. The first-order valence-corrected chi connectivity index (χ1v) is 7.68. The third-order valence-electron chi connectivity index (χ3n) is 2.64. The molecule has 0 saturated carbocycles. The van der Waals surface area contributed by atoms with E-state index in [1.54, 1.807) is 0 Å². The van der Waals surface area contributed by atoms with Crippen molar-refractivity contribution in [3.63, 3.8) is 0 Å². The standard InChI is InChI=1S/C13H20N2O4S/c1-15(2)9-5-8-14-20(17,18)12-7-4-6-11(10-12)13(16)19-3/h4,6-7,10,14H,5,8-9H2,1-3H3. The Bertz CT molecular complexity index is 555. The molecular formula is C13H20N2O4S. The summed E-state index contributed by atoms with van der Waals surface area (Å²) in [4.78, 5) is 13.4. The van der Waals surface area contributed by atoms with Gasteiger partial charge in [-0.05, 0) is 45.3 Å². The van der Waals surface area contributed by atoms with E-state index in [4.69, 9.17) is 0 Å². The van der Waals surface area contributed by atoms with E-state index in [2.05, 4.69) is 9.46 Å². The van der Waals surface area contributed by atoms with Gasteiger partial charge in [-0.2, -0.15) is 0 Å². The van der Waals surface area contributed by atoms with Gasteiger partial charge in [-0.1, -0.05) is 6.07 Å². The summed E-state index contributed by atoms with van der Waals surface area (Å²) in [6.07, 6.45) is 0.711. The van der Waals surface area contributed by atoms with Gasteiger partial charge in [-0.25, -0.2) is 17.9 Å². The van der Waals surface area contributed by atoms with Gasteiger partial charge in [0.1, 0.15) is 0 Å². The Hall–Kier alpha value is -1.44. The van der Waals surface area contributed by atoms with Crippen molar-refractivity contribution in [1.29, 1.82) is 0 Å². The summed E-state index contributed by atoms with van der Waals surface area (Å²) >= 11 is 0. The molecular weight excluding hydrogens is 280 g/mol. The zero-order valence-corrected chi connectivity index (χ0v) is 12.7. The monoisotopic (exact) mass is 300 g/mol. The highest BCUT2D eigenvalue weighted by atomic mass is 32.2. The van der Waals surface area contributed by atoms with Crippen LogP contribution < -0.4 is 4.72 Å². The number of nitrogens with zero attached hydrogens (tertiary/aromatic N) is 1. The largest absolute Gasteiger partial charge is 0.465 e. The Kier molecular flexibility index (Phi) is 6.12. The summed E-state index contributed by atoms with van der Waals surface area (Å²) in [6, 6.07) is 5.78. The van der Waals surface area contributed by atoms with Gasteiger partial charge in [-0.3, -0.25) is 0 Å². The van der Waals surface area contributed by atoms with E-state index in [9.17, 15) is 13.2 Å². The molecule has 0 aliphatic rings. The SMILES string of the molecule is COC(=O)c1cccc(S(=O)(=O)NCCCN(C)C)c1. The van der Waals surface area contributed by atoms with Crippen LogP contribution in [0.25, 0.3) is 0 Å². The van der Waals surface area contributed by atoms with E-state index in [0.717, 1.165) is 6.54 Å². The van der Waals surface area contributed by atoms with Crippen LogP contribution in [0.2, 0.25) is 0 Å². The maximum Gasteiger partial charge on any atom is 0.337 e. The van der Waals surface area contributed by atoms with Crippen LogP contribution in [0.1, 0.15) is 16.8 Å². The number of sulfonamides is 1. The first kappa shape index (κ1) is 16.6. The van der Waals surface area contributed by atoms with Gasteiger partial charge in [0.15, 0.2) is 0 Å². The molecule has 6 nitrogen and oxygen atoms in total. The topological polar surface area (TPSA) is 75.7 Å². The Morgan fingerprint density at radius 3 is 2.65 bits per heavy atom. The zero-order chi connectivity index (χ0) is 15.2. The predicted molar refractivity (Wildman–Crippen MR) is 76.1 cm³/mol. The van der Waals surface area contributed by atoms with Gasteiger partial charge in [0.05, 0.1) is 17.6 Å². The molecule has 0 saturated heterocycles. The molecule has 0 heterocycles. The summed E-state index contributed by atoms with van der Waals surface area (Å²) in [5.74, 6) is -0.561. The lowest BCUT2D eigenvalue weighted by Gasteiger charge is -2.10. The lowest BCUT2D eigenvalue weighted by Crippen LogP contribution is -2.27. The molecule has 0 aliphatic heterocycles. The first-order chi connectivity index (χ1) is 9.36. The lowest BCUT2D eigenvalue weighted by molar-refractivity contribution is 0.0600. The minimum Gasteiger partial charge on any atom is -0.465 e. The molecule has 0 aromatic heterocycles. The van der Waals surface area contributed by atoms with Gasteiger partial charge in [0.25, 0.3) is 0 Å². The average Bonchev–Trinajstić information content (AvgIpc) is 2.42. The van der Waals surface area contributed by atoms with Crippen molar-refractivity contribution in [1.82, 2.24) is 9.62 Å². The maximum atomic E-state index is 12.1. The Balaban J connectivity index is 2.75. The summed E-state index contributed by atoms with van der Waals surface area (Å²) in [7, 11) is 1.50. The number of ether oxygens (including phenoxy) is 1. The summed E-state index contributed by atoms with van der Waals surface area (Å²) in [5, 5.41) is 0. The van der Waals surface area contributed by atoms with E-state index in [-0.39, 0.29) is 10.5 Å². The molecule has 0 spiro atoms. The Morgan fingerprint density at radius 2 is 2.05 bits per heavy atom. The second-order valence-electron chi connectivity index (χ2n) is 4.57. The number of carbonyl (C=O) groups excluding carboxylic acids is 1. The van der Waals surface area contributed by atoms with Gasteiger partial charge < -0.3 is 9.64 Å². The number of hydrogen-bond donors (Lipinski definition) is 1. The summed E-state index contributed by atoms with van der Waals surface area (Å²) in [6.45, 7) is 1.15. The second kappa shape index (κ2) is 7.37. The van der Waals surface area contributed by atoms with Crippen molar-refractivity contribution in [3.05, 3.63) is 29.8 Å². The highest BCUT2D eigenvalue weighted by molar-refractivity contribution is 7.89. The first-order valence-electron chi connectivity index (χ1n) is 6.19. The van der Waals surface area contributed by atoms with Crippen molar-refractivity contribution >= 4 is 16.0 Å². The molecule has 0 unspecified atom stereocenters. The maximum absolute atomic E-state index is 12.1. The van der Waals surface area contributed by atoms with Gasteiger partial charge in [0.2, 0.25) is 10.0 Å². The number of nitrogens with one attached hydrogen (secondary N) is 1. The van der Waals surface area contributed by atoms with E-state index < -0.39 is 16.0 Å². The van der Waals surface area contributed by atoms with Crippen molar-refractivity contribution in [2.75, 3.05) is 34.3 Å². The molecule has 0 aliphatic carbocycles. The van der Waals surface area contributed by atoms with Crippen molar-refractivity contribution in [3.8, 4) is 0 Å². The molecule has 1 rings (SSSR count). The molecule has 0 bridgehead atoms. The Morgan fingerprint density at radius 1 is 1.35 bits per heavy atom. The third-order valence-corrected chi connectivity index (χ3v) is 4.10. The molecule has 1 aromatic carbocycles. The normalized spacial score (nSPS) is 11.6. The number of hydrogen-bond acceptors (Lipinski definition) is 5. The summed E-state index contributed by atoms with van der Waals surface area (Å²) in [5.41, 5.74) is 0.212. The Labute approximate surface area is 119 Å². The number of carbonyl (C=O) groups is 1. The predicted octanol–water partition coefficient (Wildman–Crippen LogP) is 0.703. The summed E-state index contributed by atoms with van der Waals surface area (Å²) < 4.78 is 31.2. The fourth-order valence-corrected chi connectivity index (χ4v) is 2.71. The number of methoxy groups -OCH3 is 1. The minimum atomic E-state index is -3.60. The fourth-order valence-electron chi connectivity index (χ4n) is 1.59. The number of rotatable bonds is 7. The number of esters is 1. The average molecular weight is 300 g/mol. The second-order valence-corrected chi connectivity index (χ2v) is 6.34. The van der Waals surface area contributed by atoms with Crippen LogP contribution in [-0.2, 0) is 14.8 Å². The number of benzene rings is 1. The van der Waals surface area contributed by atoms with Crippen LogP contribution in [0, 0.1) is 0 Å². The molecule has 1 aromatic rings. The van der Waals surface area contributed by atoms with E-state index >= 15 is 0 Å². The smallest absolute Gasteiger partial charge is 0.337 e. The molecule has 1 N–H and O–H groups in total. The highest BCUT2D eigenvalue weighted by Gasteiger charge is 2.15. The van der Waals surface area contributed by atoms with Gasteiger partial charge in [0, 0.05) is 6.54 Å². The van der Waals surface area contributed by atoms with E-state index in [1.807, 2.05) is 19.0 Å². The van der Waals surface area contributed by atoms with Crippen LogP contribution in [0.4, 0.5) is 0 Å². The van der Waals surface area contributed by atoms with E-state index in [0.29, 0.717) is 13.0 Å². The van der Waals surface area contributed by atoms with Crippen molar-refractivity contribution < 1.29 is 17.9 Å². The van der Waals surface area contributed by atoms with Crippen molar-refractivity contribution in [2.24, 2.45) is 0 Å². The zero-order valence-electron chi connectivity index (χ0n) is 11.9. The molecule has 0 amide bonds. The fraction of sp³-hybridized carbons (Fsp3) is 0.462. The lowest BCUT2D eigenvalue weighted by atomic mass is 10.2. The third kappa shape index (κ3) is 4.92. The van der Waals surface area contributed by atoms with Crippen LogP contribution in [0.5, 0.6) is 0 Å². The molecule has 0 radical (unpaired) electrons. The molecule has 0 fully saturated rings. The van der Waals surface area contributed by atoms with E-state index in [1.165, 1.54) is 31.4 Å². The molecule has 7 heteroatoms. The van der Waals surface area contributed by atoms with Crippen molar-refractivity contribution in [2.45, 2.75) is 11.3 Å². The van der Waals surface area contributed by atoms with Gasteiger partial charge >= 0.3 is 5.97 Å². The van der Waals surface area contributed by atoms with Crippen LogP contribution in [0.3, 0.4) is 0 Å². The van der Waals surface area contributed by atoms with Crippen LogP contribution >= 0.6 is 0 Å². The van der Waals surface area contributed by atoms with Crippen LogP contribution in [-0.4, -0.2) is 53.6 Å². The quantitative estimate of drug-likeness (QED) is 0.593. The molecule has 112 valence electrons. The molecule has 20 heavy (non-hydrogen) atoms. The van der Waals surface area contributed by atoms with Crippen LogP contribution in [0.15, 0.2) is 29.2 Å². The van der Waals surface area contributed by atoms with Gasteiger partial charge in [-0.15, -0.1) is 0 Å².